The largest absolute Gasteiger partial charge is 0.394 e. The van der Waals surface area contributed by atoms with Gasteiger partial charge in [-0.1, -0.05) is 23.2 Å². The number of halogens is 3. The zero-order valence-electron chi connectivity index (χ0n) is 7.67. The molecule has 1 unspecified atom stereocenters. The van der Waals surface area contributed by atoms with Gasteiger partial charge in [0.1, 0.15) is 0 Å². The molecule has 0 aromatic heterocycles. The number of hydrogen-bond donors (Lipinski definition) is 3. The van der Waals surface area contributed by atoms with Crippen LogP contribution in [0.3, 0.4) is 0 Å². The lowest BCUT2D eigenvalue weighted by atomic mass is 10.3. The van der Waals surface area contributed by atoms with Crippen LogP contribution in [0.4, 0.5) is 5.69 Å². The van der Waals surface area contributed by atoms with E-state index < -0.39 is 6.10 Å². The highest BCUT2D eigenvalue weighted by molar-refractivity contribution is 9.10. The molecule has 0 fully saturated rings. The number of rotatable bonds is 4. The zero-order valence-corrected chi connectivity index (χ0v) is 10.8. The summed E-state index contributed by atoms with van der Waals surface area (Å²) in [5.41, 5.74) is 0.623. The van der Waals surface area contributed by atoms with Gasteiger partial charge in [0.15, 0.2) is 0 Å². The van der Waals surface area contributed by atoms with E-state index in [4.69, 9.17) is 33.4 Å². The molecule has 3 N–H and O–H groups in total. The van der Waals surface area contributed by atoms with E-state index >= 15 is 0 Å². The van der Waals surface area contributed by atoms with E-state index in [1.165, 1.54) is 0 Å². The molecule has 1 atom stereocenters. The van der Waals surface area contributed by atoms with Crippen molar-refractivity contribution in [2.24, 2.45) is 0 Å². The Morgan fingerprint density at radius 1 is 1.33 bits per heavy atom. The summed E-state index contributed by atoms with van der Waals surface area (Å²) in [6.45, 7) is -0.0803. The van der Waals surface area contributed by atoms with Crippen LogP contribution in [0.5, 0.6) is 0 Å². The maximum atomic E-state index is 9.14. The molecule has 0 saturated carbocycles. The third kappa shape index (κ3) is 3.81. The van der Waals surface area contributed by atoms with E-state index in [1.807, 2.05) is 0 Å². The summed E-state index contributed by atoms with van der Waals surface area (Å²) in [5, 5.41) is 21.7. The predicted octanol–water partition coefficient (Wildman–Crippen LogP) is 2.52. The lowest BCUT2D eigenvalue weighted by Gasteiger charge is -2.12. The van der Waals surface area contributed by atoms with Crippen LogP contribution in [-0.2, 0) is 0 Å². The third-order valence-corrected chi connectivity index (χ3v) is 3.26. The van der Waals surface area contributed by atoms with Gasteiger partial charge in [-0.3, -0.25) is 0 Å². The van der Waals surface area contributed by atoms with Crippen molar-refractivity contribution in [3.63, 3.8) is 0 Å². The van der Waals surface area contributed by atoms with Gasteiger partial charge in [0, 0.05) is 11.0 Å². The lowest BCUT2D eigenvalue weighted by Crippen LogP contribution is -2.23. The maximum Gasteiger partial charge on any atom is 0.0942 e. The van der Waals surface area contributed by atoms with Gasteiger partial charge in [-0.25, -0.2) is 0 Å². The Kier molecular flexibility index (Phi) is 5.15. The van der Waals surface area contributed by atoms with Crippen molar-refractivity contribution >= 4 is 44.8 Å². The summed E-state index contributed by atoms with van der Waals surface area (Å²) in [6, 6.07) is 3.32. The van der Waals surface area contributed by atoms with Crippen molar-refractivity contribution in [3.05, 3.63) is 26.7 Å². The fourth-order valence-electron chi connectivity index (χ4n) is 0.950. The minimum absolute atomic E-state index is 0.216. The predicted molar refractivity (Wildman–Crippen MR) is 65.7 cm³/mol. The molecule has 0 heterocycles. The Morgan fingerprint density at radius 2 is 2.00 bits per heavy atom. The number of benzene rings is 1. The van der Waals surface area contributed by atoms with Gasteiger partial charge < -0.3 is 15.5 Å². The summed E-state index contributed by atoms with van der Waals surface area (Å²) in [7, 11) is 0. The standard InChI is InChI=1S/C9H10BrCl2NO2/c10-6-1-8(12)9(2-7(6)11)13-3-5(15)4-14/h1-2,5,13-15H,3-4H2. The summed E-state index contributed by atoms with van der Waals surface area (Å²) in [5.74, 6) is 0. The smallest absolute Gasteiger partial charge is 0.0942 e. The van der Waals surface area contributed by atoms with Crippen molar-refractivity contribution in [2.75, 3.05) is 18.5 Å². The van der Waals surface area contributed by atoms with Gasteiger partial charge >= 0.3 is 0 Å². The monoisotopic (exact) mass is 313 g/mol. The zero-order chi connectivity index (χ0) is 11.4. The van der Waals surface area contributed by atoms with E-state index in [1.54, 1.807) is 12.1 Å². The van der Waals surface area contributed by atoms with Gasteiger partial charge in [-0.05, 0) is 28.1 Å². The van der Waals surface area contributed by atoms with Crippen molar-refractivity contribution in [2.45, 2.75) is 6.10 Å². The van der Waals surface area contributed by atoms with Gasteiger partial charge in [0.05, 0.1) is 28.4 Å². The fraction of sp³-hybridized carbons (Fsp3) is 0.333. The molecule has 1 aromatic rings. The molecule has 84 valence electrons. The van der Waals surface area contributed by atoms with Gasteiger partial charge in [-0.2, -0.15) is 0 Å². The lowest BCUT2D eigenvalue weighted by molar-refractivity contribution is 0.105. The molecule has 0 saturated heterocycles. The number of aliphatic hydroxyl groups is 2. The van der Waals surface area contributed by atoms with Gasteiger partial charge in [0.2, 0.25) is 0 Å². The second kappa shape index (κ2) is 5.92. The minimum Gasteiger partial charge on any atom is -0.394 e. The number of hydrogen-bond acceptors (Lipinski definition) is 3. The van der Waals surface area contributed by atoms with Gasteiger partial charge in [0.25, 0.3) is 0 Å². The summed E-state index contributed by atoms with van der Waals surface area (Å²) >= 11 is 15.1. The average molecular weight is 315 g/mol. The first-order valence-corrected chi connectivity index (χ1v) is 5.77. The highest BCUT2D eigenvalue weighted by atomic mass is 79.9. The first kappa shape index (κ1) is 13.1. The molecular formula is C9H10BrCl2NO2. The second-order valence-electron chi connectivity index (χ2n) is 2.96. The van der Waals surface area contributed by atoms with Crippen LogP contribution in [-0.4, -0.2) is 29.5 Å². The van der Waals surface area contributed by atoms with E-state index in [0.29, 0.717) is 20.2 Å². The van der Waals surface area contributed by atoms with Crippen molar-refractivity contribution in [1.29, 1.82) is 0 Å². The van der Waals surface area contributed by atoms with Crippen LogP contribution < -0.4 is 5.32 Å². The quantitative estimate of drug-likeness (QED) is 0.749. The van der Waals surface area contributed by atoms with Crippen LogP contribution in [0.2, 0.25) is 10.0 Å². The molecular weight excluding hydrogens is 305 g/mol. The number of nitrogens with one attached hydrogen (secondary N) is 1. The summed E-state index contributed by atoms with van der Waals surface area (Å²) in [4.78, 5) is 0. The molecule has 0 amide bonds. The molecule has 1 aromatic carbocycles. The Bertz CT molecular complexity index is 349. The molecule has 0 aliphatic carbocycles. The molecule has 0 spiro atoms. The van der Waals surface area contributed by atoms with E-state index in [0.717, 1.165) is 0 Å². The Hall–Kier alpha value is -0.0000000000000000555. The minimum atomic E-state index is -0.816. The van der Waals surface area contributed by atoms with Gasteiger partial charge in [-0.15, -0.1) is 0 Å². The third-order valence-electron chi connectivity index (χ3n) is 1.75. The fourth-order valence-corrected chi connectivity index (χ4v) is 1.82. The van der Waals surface area contributed by atoms with E-state index in [2.05, 4.69) is 21.2 Å². The molecule has 0 bridgehead atoms. The average Bonchev–Trinajstić information content (AvgIpc) is 2.21. The Morgan fingerprint density at radius 3 is 2.60 bits per heavy atom. The van der Waals surface area contributed by atoms with E-state index in [9.17, 15) is 0 Å². The van der Waals surface area contributed by atoms with Crippen LogP contribution in [0.25, 0.3) is 0 Å². The number of anilines is 1. The topological polar surface area (TPSA) is 52.5 Å². The second-order valence-corrected chi connectivity index (χ2v) is 4.63. The Balaban J connectivity index is 2.73. The van der Waals surface area contributed by atoms with Crippen LogP contribution in [0, 0.1) is 0 Å². The molecule has 1 rings (SSSR count). The first-order valence-electron chi connectivity index (χ1n) is 4.22. The molecule has 6 heteroatoms. The highest BCUT2D eigenvalue weighted by Gasteiger charge is 2.07. The van der Waals surface area contributed by atoms with Crippen molar-refractivity contribution in [1.82, 2.24) is 0 Å². The van der Waals surface area contributed by atoms with Crippen LogP contribution in [0.15, 0.2) is 16.6 Å². The van der Waals surface area contributed by atoms with Crippen molar-refractivity contribution in [3.8, 4) is 0 Å². The SMILES string of the molecule is OCC(O)CNc1cc(Cl)c(Br)cc1Cl. The Labute approximate surface area is 106 Å². The van der Waals surface area contributed by atoms with E-state index in [-0.39, 0.29) is 13.2 Å². The van der Waals surface area contributed by atoms with Crippen molar-refractivity contribution < 1.29 is 10.2 Å². The molecule has 0 radical (unpaired) electrons. The maximum absolute atomic E-state index is 9.14. The first-order chi connectivity index (χ1) is 7.04. The normalized spacial score (nSPS) is 12.6. The van der Waals surface area contributed by atoms with Crippen LogP contribution in [0.1, 0.15) is 0 Å². The highest BCUT2D eigenvalue weighted by Crippen LogP contribution is 2.32. The number of aliphatic hydroxyl groups excluding tert-OH is 2. The molecule has 3 nitrogen and oxygen atoms in total. The molecule has 0 aliphatic heterocycles. The molecule has 15 heavy (non-hydrogen) atoms. The molecule has 0 aliphatic rings. The summed E-state index contributed by atoms with van der Waals surface area (Å²) in [6.07, 6.45) is -0.816. The summed E-state index contributed by atoms with van der Waals surface area (Å²) < 4.78 is 0.711. The van der Waals surface area contributed by atoms with Crippen LogP contribution >= 0.6 is 39.1 Å².